The first kappa shape index (κ1) is 20.1. The minimum atomic E-state index is -0.595. The number of nitrogens with zero attached hydrogens (tertiary/aromatic N) is 4. The summed E-state index contributed by atoms with van der Waals surface area (Å²) in [5.74, 6) is 0.282. The Morgan fingerprint density at radius 2 is 2.03 bits per heavy atom. The van der Waals surface area contributed by atoms with Crippen molar-refractivity contribution in [1.29, 1.82) is 0 Å². The SMILES string of the molecule is COC(=O)NCc1nc(-c2ccc(C)c(NC(=O)c3cnc4ccc(C)cn34)c2)no1. The summed E-state index contributed by atoms with van der Waals surface area (Å²) < 4.78 is 11.4. The van der Waals surface area contributed by atoms with Gasteiger partial charge >= 0.3 is 6.09 Å². The first-order valence-corrected chi connectivity index (χ1v) is 9.45. The number of methoxy groups -OCH3 is 1. The molecule has 158 valence electrons. The van der Waals surface area contributed by atoms with Crippen LogP contribution in [0, 0.1) is 13.8 Å². The highest BCUT2D eigenvalue weighted by Gasteiger charge is 2.16. The van der Waals surface area contributed by atoms with Crippen LogP contribution in [0.25, 0.3) is 17.0 Å². The summed E-state index contributed by atoms with van der Waals surface area (Å²) >= 11 is 0. The van der Waals surface area contributed by atoms with Gasteiger partial charge in [-0.3, -0.25) is 9.20 Å². The van der Waals surface area contributed by atoms with Crippen LogP contribution in [-0.2, 0) is 11.3 Å². The third-order valence-electron chi connectivity index (χ3n) is 4.67. The topological polar surface area (TPSA) is 124 Å². The van der Waals surface area contributed by atoms with Crippen LogP contribution < -0.4 is 10.6 Å². The molecule has 3 aromatic heterocycles. The minimum Gasteiger partial charge on any atom is -0.453 e. The lowest BCUT2D eigenvalue weighted by atomic mass is 10.1. The van der Waals surface area contributed by atoms with Crippen LogP contribution >= 0.6 is 0 Å². The number of hydrogen-bond donors (Lipinski definition) is 2. The molecule has 0 aliphatic heterocycles. The second-order valence-corrected chi connectivity index (χ2v) is 6.92. The summed E-state index contributed by atoms with van der Waals surface area (Å²) in [4.78, 5) is 32.6. The van der Waals surface area contributed by atoms with Crippen molar-refractivity contribution >= 4 is 23.3 Å². The number of benzene rings is 1. The molecule has 0 radical (unpaired) electrons. The fourth-order valence-corrected chi connectivity index (χ4v) is 3.00. The van der Waals surface area contributed by atoms with E-state index in [1.54, 1.807) is 16.7 Å². The number of rotatable bonds is 5. The number of hydrogen-bond acceptors (Lipinski definition) is 7. The van der Waals surface area contributed by atoms with Gasteiger partial charge in [0.2, 0.25) is 11.7 Å². The van der Waals surface area contributed by atoms with Crippen molar-refractivity contribution in [2.45, 2.75) is 20.4 Å². The molecule has 4 rings (SSSR count). The lowest BCUT2D eigenvalue weighted by Gasteiger charge is -2.09. The number of alkyl carbamates (subject to hydrolysis) is 1. The maximum atomic E-state index is 12.9. The highest BCUT2D eigenvalue weighted by molar-refractivity contribution is 6.04. The Morgan fingerprint density at radius 3 is 2.84 bits per heavy atom. The zero-order valence-corrected chi connectivity index (χ0v) is 17.2. The van der Waals surface area contributed by atoms with Crippen molar-refractivity contribution in [2.24, 2.45) is 0 Å². The highest BCUT2D eigenvalue weighted by atomic mass is 16.5. The molecule has 2 N–H and O–H groups in total. The smallest absolute Gasteiger partial charge is 0.407 e. The molecule has 10 heteroatoms. The summed E-state index contributed by atoms with van der Waals surface area (Å²) in [5, 5.41) is 9.34. The van der Waals surface area contributed by atoms with Gasteiger partial charge in [0, 0.05) is 17.4 Å². The molecule has 0 aliphatic carbocycles. The van der Waals surface area contributed by atoms with Gasteiger partial charge in [-0.25, -0.2) is 9.78 Å². The van der Waals surface area contributed by atoms with Crippen molar-refractivity contribution in [3.8, 4) is 11.4 Å². The summed E-state index contributed by atoms with van der Waals surface area (Å²) in [7, 11) is 1.27. The molecule has 0 saturated carbocycles. The molecule has 0 unspecified atom stereocenters. The highest BCUT2D eigenvalue weighted by Crippen LogP contribution is 2.24. The lowest BCUT2D eigenvalue weighted by Crippen LogP contribution is -2.22. The van der Waals surface area contributed by atoms with E-state index in [2.05, 4.69) is 30.5 Å². The Morgan fingerprint density at radius 1 is 1.19 bits per heavy atom. The molecular weight excluding hydrogens is 400 g/mol. The van der Waals surface area contributed by atoms with Crippen molar-refractivity contribution in [2.75, 3.05) is 12.4 Å². The average molecular weight is 420 g/mol. The second-order valence-electron chi connectivity index (χ2n) is 6.92. The van der Waals surface area contributed by atoms with Crippen molar-refractivity contribution < 1.29 is 18.8 Å². The number of fused-ring (bicyclic) bond motifs is 1. The Labute approximate surface area is 177 Å². The third kappa shape index (κ3) is 4.22. The molecule has 0 atom stereocenters. The molecule has 0 aliphatic rings. The quantitative estimate of drug-likeness (QED) is 0.508. The van der Waals surface area contributed by atoms with Gasteiger partial charge < -0.3 is 19.9 Å². The lowest BCUT2D eigenvalue weighted by molar-refractivity contribution is 0.102. The number of carbonyl (C=O) groups excluding carboxylic acids is 2. The van der Waals surface area contributed by atoms with Crippen LogP contribution in [-0.4, -0.2) is 38.6 Å². The van der Waals surface area contributed by atoms with E-state index in [1.807, 2.05) is 44.3 Å². The fourth-order valence-electron chi connectivity index (χ4n) is 3.00. The van der Waals surface area contributed by atoms with E-state index in [1.165, 1.54) is 7.11 Å². The molecule has 1 aromatic carbocycles. The van der Waals surface area contributed by atoms with E-state index >= 15 is 0 Å². The van der Waals surface area contributed by atoms with Gasteiger partial charge in [0.25, 0.3) is 5.91 Å². The average Bonchev–Trinajstić information content (AvgIpc) is 3.40. The van der Waals surface area contributed by atoms with Gasteiger partial charge in [-0.05, 0) is 37.1 Å². The van der Waals surface area contributed by atoms with Crippen molar-refractivity contribution in [3.63, 3.8) is 0 Å². The molecule has 2 amide bonds. The second kappa shape index (κ2) is 8.27. The number of aryl methyl sites for hydroxylation is 2. The molecule has 3 heterocycles. The number of carbonyl (C=O) groups is 2. The predicted octanol–water partition coefficient (Wildman–Crippen LogP) is 3.11. The number of imidazole rings is 1. The van der Waals surface area contributed by atoms with Gasteiger partial charge in [-0.15, -0.1) is 0 Å². The molecule has 0 spiro atoms. The summed E-state index contributed by atoms with van der Waals surface area (Å²) in [6, 6.07) is 9.25. The Kier molecular flexibility index (Phi) is 5.35. The maximum absolute atomic E-state index is 12.9. The van der Waals surface area contributed by atoms with Crippen molar-refractivity contribution in [1.82, 2.24) is 24.8 Å². The molecular formula is C21H20N6O4. The molecule has 0 bridgehead atoms. The first-order valence-electron chi connectivity index (χ1n) is 9.45. The standard InChI is InChI=1S/C21H20N6O4/c1-12-4-7-17-22-9-16(27(17)11-12)20(28)24-15-8-14(6-5-13(15)2)19-25-18(31-26-19)10-23-21(29)30-3/h4-9,11H,10H2,1-3H3,(H,23,29)(H,24,28). The van der Waals surface area contributed by atoms with Crippen LogP contribution in [0.2, 0.25) is 0 Å². The van der Waals surface area contributed by atoms with Gasteiger partial charge in [0.15, 0.2) is 0 Å². The van der Waals surface area contributed by atoms with E-state index < -0.39 is 6.09 Å². The van der Waals surface area contributed by atoms with Crippen LogP contribution in [0.5, 0.6) is 0 Å². The largest absolute Gasteiger partial charge is 0.453 e. The Hall–Kier alpha value is -4.21. The summed E-state index contributed by atoms with van der Waals surface area (Å²) in [5.41, 5.74) is 4.29. The van der Waals surface area contributed by atoms with E-state index in [0.29, 0.717) is 28.4 Å². The van der Waals surface area contributed by atoms with Gasteiger partial charge in [-0.1, -0.05) is 23.4 Å². The zero-order chi connectivity index (χ0) is 22.0. The molecule has 0 saturated heterocycles. The minimum absolute atomic E-state index is 0.0445. The zero-order valence-electron chi connectivity index (χ0n) is 17.2. The number of aromatic nitrogens is 4. The van der Waals surface area contributed by atoms with Gasteiger partial charge in [0.05, 0.1) is 13.3 Å². The van der Waals surface area contributed by atoms with Crippen LogP contribution in [0.3, 0.4) is 0 Å². The van der Waals surface area contributed by atoms with E-state index in [0.717, 1.165) is 11.1 Å². The van der Waals surface area contributed by atoms with Crippen molar-refractivity contribution in [3.05, 3.63) is 65.4 Å². The number of ether oxygens (including phenoxy) is 1. The maximum Gasteiger partial charge on any atom is 0.407 e. The fraction of sp³-hybridized carbons (Fsp3) is 0.190. The van der Waals surface area contributed by atoms with Gasteiger partial charge in [0.1, 0.15) is 17.9 Å². The molecule has 0 fully saturated rings. The number of amides is 2. The van der Waals surface area contributed by atoms with Gasteiger partial charge in [-0.2, -0.15) is 4.98 Å². The number of pyridine rings is 1. The first-order chi connectivity index (χ1) is 14.9. The molecule has 10 nitrogen and oxygen atoms in total. The van der Waals surface area contributed by atoms with E-state index in [9.17, 15) is 9.59 Å². The molecule has 31 heavy (non-hydrogen) atoms. The normalized spacial score (nSPS) is 10.8. The van der Waals surface area contributed by atoms with Crippen LogP contribution in [0.4, 0.5) is 10.5 Å². The number of anilines is 1. The predicted molar refractivity (Wildman–Crippen MR) is 112 cm³/mol. The summed E-state index contributed by atoms with van der Waals surface area (Å²) in [6.45, 7) is 3.89. The summed E-state index contributed by atoms with van der Waals surface area (Å²) in [6.07, 6.45) is 2.81. The van der Waals surface area contributed by atoms with Crippen LogP contribution in [0.15, 0.2) is 47.2 Å². The third-order valence-corrected chi connectivity index (χ3v) is 4.67. The van der Waals surface area contributed by atoms with E-state index in [4.69, 9.17) is 4.52 Å². The van der Waals surface area contributed by atoms with Crippen LogP contribution in [0.1, 0.15) is 27.5 Å². The Balaban J connectivity index is 1.55. The Bertz CT molecular complexity index is 1280. The molecule has 4 aromatic rings. The monoisotopic (exact) mass is 420 g/mol. The van der Waals surface area contributed by atoms with E-state index in [-0.39, 0.29) is 18.3 Å². The number of nitrogens with one attached hydrogen (secondary N) is 2.